The van der Waals surface area contributed by atoms with Gasteiger partial charge in [0.15, 0.2) is 0 Å². The Balaban J connectivity index is 1.64. The van der Waals surface area contributed by atoms with Gasteiger partial charge in [0, 0.05) is 32.3 Å². The maximum absolute atomic E-state index is 12.7. The van der Waals surface area contributed by atoms with E-state index in [0.717, 1.165) is 36.3 Å². The van der Waals surface area contributed by atoms with E-state index in [0.29, 0.717) is 19.4 Å². The van der Waals surface area contributed by atoms with Gasteiger partial charge in [-0.1, -0.05) is 12.1 Å². The summed E-state index contributed by atoms with van der Waals surface area (Å²) in [5.74, 6) is 0.0793. The highest BCUT2D eigenvalue weighted by Gasteiger charge is 2.30. The fourth-order valence-corrected chi connectivity index (χ4v) is 3.31. The predicted octanol–water partition coefficient (Wildman–Crippen LogP) is 2.41. The van der Waals surface area contributed by atoms with E-state index in [4.69, 9.17) is 0 Å². The van der Waals surface area contributed by atoms with Crippen LogP contribution in [0.1, 0.15) is 49.2 Å². The second-order valence-electron chi connectivity index (χ2n) is 6.57. The van der Waals surface area contributed by atoms with Crippen molar-refractivity contribution in [3.8, 4) is 0 Å². The van der Waals surface area contributed by atoms with Crippen molar-refractivity contribution in [2.24, 2.45) is 0 Å². The van der Waals surface area contributed by atoms with Crippen molar-refractivity contribution in [3.05, 3.63) is 59.7 Å². The van der Waals surface area contributed by atoms with E-state index < -0.39 is 0 Å². The average Bonchev–Trinajstić information content (AvgIpc) is 3.15. The van der Waals surface area contributed by atoms with Crippen LogP contribution in [-0.2, 0) is 22.6 Å². The van der Waals surface area contributed by atoms with Crippen LogP contribution in [0.5, 0.6) is 0 Å². The summed E-state index contributed by atoms with van der Waals surface area (Å²) in [5.41, 5.74) is 2.79. The number of likely N-dealkylation sites (tertiary alicyclic amines) is 1. The molecule has 6 nitrogen and oxygen atoms in total. The van der Waals surface area contributed by atoms with Crippen molar-refractivity contribution in [1.82, 2.24) is 20.2 Å². The molecule has 0 spiro atoms. The Bertz CT molecular complexity index is 763. The third-order valence-electron chi connectivity index (χ3n) is 4.61. The standard InChI is InChI=1S/C20H24N4O2/c1-15(25)22-14-17-6-2-7-18(23-17)19-8-4-12-24(19)20(26)10-9-16-5-3-11-21-13-16/h2-3,5-7,11,13,19H,4,8-10,12,14H2,1H3,(H,22,25)/t19-/m0/s1. The second kappa shape index (κ2) is 8.56. The maximum Gasteiger partial charge on any atom is 0.223 e. The number of rotatable bonds is 6. The topological polar surface area (TPSA) is 75.2 Å². The smallest absolute Gasteiger partial charge is 0.223 e. The van der Waals surface area contributed by atoms with Gasteiger partial charge in [0.2, 0.25) is 11.8 Å². The fraction of sp³-hybridized carbons (Fsp3) is 0.400. The second-order valence-corrected chi connectivity index (χ2v) is 6.57. The van der Waals surface area contributed by atoms with Gasteiger partial charge in [-0.2, -0.15) is 0 Å². The molecule has 2 aromatic heterocycles. The highest BCUT2D eigenvalue weighted by atomic mass is 16.2. The molecule has 136 valence electrons. The van der Waals surface area contributed by atoms with E-state index in [9.17, 15) is 9.59 Å². The zero-order valence-corrected chi connectivity index (χ0v) is 15.0. The van der Waals surface area contributed by atoms with E-state index >= 15 is 0 Å². The molecule has 1 aliphatic heterocycles. The first-order valence-corrected chi connectivity index (χ1v) is 9.02. The van der Waals surface area contributed by atoms with Gasteiger partial charge in [0.05, 0.1) is 24.0 Å². The molecule has 0 aromatic carbocycles. The minimum Gasteiger partial charge on any atom is -0.351 e. The molecular weight excluding hydrogens is 328 g/mol. The molecule has 26 heavy (non-hydrogen) atoms. The van der Waals surface area contributed by atoms with Crippen LogP contribution in [0.3, 0.4) is 0 Å². The molecule has 1 N–H and O–H groups in total. The Morgan fingerprint density at radius 2 is 2.15 bits per heavy atom. The highest BCUT2D eigenvalue weighted by Crippen LogP contribution is 2.31. The number of aryl methyl sites for hydroxylation is 1. The molecule has 1 aliphatic rings. The normalized spacial score (nSPS) is 16.5. The molecule has 6 heteroatoms. The van der Waals surface area contributed by atoms with Crippen LogP contribution in [0.15, 0.2) is 42.7 Å². The van der Waals surface area contributed by atoms with Crippen LogP contribution in [0, 0.1) is 0 Å². The number of nitrogens with zero attached hydrogens (tertiary/aromatic N) is 3. The largest absolute Gasteiger partial charge is 0.351 e. The zero-order chi connectivity index (χ0) is 18.4. The Morgan fingerprint density at radius 1 is 1.27 bits per heavy atom. The van der Waals surface area contributed by atoms with Gasteiger partial charge in [-0.05, 0) is 43.0 Å². The lowest BCUT2D eigenvalue weighted by Gasteiger charge is -2.25. The molecule has 0 bridgehead atoms. The molecule has 3 rings (SSSR count). The average molecular weight is 352 g/mol. The van der Waals surface area contributed by atoms with E-state index in [1.54, 1.807) is 6.20 Å². The summed E-state index contributed by atoms with van der Waals surface area (Å²) >= 11 is 0. The number of aromatic nitrogens is 2. The summed E-state index contributed by atoms with van der Waals surface area (Å²) in [4.78, 5) is 34.5. The lowest BCUT2D eigenvalue weighted by Crippen LogP contribution is -2.31. The monoisotopic (exact) mass is 352 g/mol. The first-order chi connectivity index (χ1) is 12.6. The van der Waals surface area contributed by atoms with Gasteiger partial charge in [-0.3, -0.25) is 19.6 Å². The molecular formula is C20H24N4O2. The number of hydrogen-bond acceptors (Lipinski definition) is 4. The van der Waals surface area contributed by atoms with Gasteiger partial charge in [-0.25, -0.2) is 0 Å². The van der Waals surface area contributed by atoms with Crippen LogP contribution < -0.4 is 5.32 Å². The van der Waals surface area contributed by atoms with Crippen LogP contribution in [0.25, 0.3) is 0 Å². The molecule has 0 aliphatic carbocycles. The van der Waals surface area contributed by atoms with Crippen molar-refractivity contribution in [1.29, 1.82) is 0 Å². The summed E-state index contributed by atoms with van der Waals surface area (Å²) in [6.07, 6.45) is 6.64. The lowest BCUT2D eigenvalue weighted by atomic mass is 10.1. The molecule has 3 heterocycles. The molecule has 2 aromatic rings. The molecule has 1 atom stereocenters. The Kier molecular flexibility index (Phi) is 5.94. The van der Waals surface area contributed by atoms with Crippen molar-refractivity contribution >= 4 is 11.8 Å². The van der Waals surface area contributed by atoms with Gasteiger partial charge in [0.25, 0.3) is 0 Å². The molecule has 1 fully saturated rings. The van der Waals surface area contributed by atoms with Crippen LogP contribution in [0.4, 0.5) is 0 Å². The summed E-state index contributed by atoms with van der Waals surface area (Å²) in [6.45, 7) is 2.67. The molecule has 1 saturated heterocycles. The van der Waals surface area contributed by atoms with Crippen LogP contribution in [-0.4, -0.2) is 33.2 Å². The summed E-state index contributed by atoms with van der Waals surface area (Å²) in [6, 6.07) is 9.71. The van der Waals surface area contributed by atoms with Gasteiger partial charge in [-0.15, -0.1) is 0 Å². The Hall–Kier alpha value is -2.76. The van der Waals surface area contributed by atoms with E-state index in [1.165, 1.54) is 6.92 Å². The summed E-state index contributed by atoms with van der Waals surface area (Å²) in [7, 11) is 0. The van der Waals surface area contributed by atoms with Crippen LogP contribution >= 0.6 is 0 Å². The van der Waals surface area contributed by atoms with Crippen molar-refractivity contribution in [2.45, 2.75) is 45.2 Å². The first kappa shape index (κ1) is 18.0. The SMILES string of the molecule is CC(=O)NCc1cccc([C@@H]2CCCN2C(=O)CCc2cccnc2)n1. The van der Waals surface area contributed by atoms with Crippen molar-refractivity contribution in [3.63, 3.8) is 0 Å². The fourth-order valence-electron chi connectivity index (χ4n) is 3.31. The maximum atomic E-state index is 12.7. The number of nitrogens with one attached hydrogen (secondary N) is 1. The molecule has 0 radical (unpaired) electrons. The third-order valence-corrected chi connectivity index (χ3v) is 4.61. The number of hydrogen-bond donors (Lipinski definition) is 1. The first-order valence-electron chi connectivity index (χ1n) is 9.02. The van der Waals surface area contributed by atoms with E-state index in [2.05, 4.69) is 15.3 Å². The van der Waals surface area contributed by atoms with Crippen LogP contribution in [0.2, 0.25) is 0 Å². The Labute approximate surface area is 153 Å². The number of amides is 2. The van der Waals surface area contributed by atoms with Crippen molar-refractivity contribution < 1.29 is 9.59 Å². The zero-order valence-electron chi connectivity index (χ0n) is 15.0. The Morgan fingerprint density at radius 3 is 2.92 bits per heavy atom. The molecule has 0 unspecified atom stereocenters. The minimum absolute atomic E-state index is 0.0219. The molecule has 2 amide bonds. The highest BCUT2D eigenvalue weighted by molar-refractivity contribution is 5.77. The minimum atomic E-state index is -0.0784. The number of carbonyl (C=O) groups excluding carboxylic acids is 2. The van der Waals surface area contributed by atoms with Gasteiger partial charge < -0.3 is 10.2 Å². The quantitative estimate of drug-likeness (QED) is 0.866. The van der Waals surface area contributed by atoms with Gasteiger partial charge >= 0.3 is 0 Å². The lowest BCUT2D eigenvalue weighted by molar-refractivity contribution is -0.132. The summed E-state index contributed by atoms with van der Waals surface area (Å²) in [5, 5.41) is 2.76. The summed E-state index contributed by atoms with van der Waals surface area (Å²) < 4.78 is 0. The third kappa shape index (κ3) is 4.65. The van der Waals surface area contributed by atoms with E-state index in [-0.39, 0.29) is 17.9 Å². The predicted molar refractivity (Wildman–Crippen MR) is 98.0 cm³/mol. The van der Waals surface area contributed by atoms with Gasteiger partial charge in [0.1, 0.15) is 0 Å². The number of carbonyl (C=O) groups is 2. The number of pyridine rings is 2. The van der Waals surface area contributed by atoms with E-state index in [1.807, 2.05) is 41.4 Å². The molecule has 0 saturated carbocycles. The van der Waals surface area contributed by atoms with Crippen molar-refractivity contribution in [2.75, 3.05) is 6.54 Å².